The summed E-state index contributed by atoms with van der Waals surface area (Å²) in [5.74, 6) is 0.572. The molecule has 2 aromatic rings. The second-order valence-corrected chi connectivity index (χ2v) is 9.14. The summed E-state index contributed by atoms with van der Waals surface area (Å²) in [6.07, 6.45) is 3.34. The molecule has 5 nitrogen and oxygen atoms in total. The van der Waals surface area contributed by atoms with E-state index in [0.29, 0.717) is 37.4 Å². The number of benzene rings is 1. The van der Waals surface area contributed by atoms with Gasteiger partial charge in [-0.2, -0.15) is 18.3 Å². The predicted octanol–water partition coefficient (Wildman–Crippen LogP) is 4.81. The molecule has 0 spiro atoms. The van der Waals surface area contributed by atoms with Crippen LogP contribution in [0.25, 0.3) is 5.82 Å². The van der Waals surface area contributed by atoms with Crippen molar-refractivity contribution in [3.63, 3.8) is 0 Å². The van der Waals surface area contributed by atoms with Gasteiger partial charge in [-0.25, -0.2) is 9.07 Å². The number of halogens is 4. The standard InChI is InChI=1S/C24H29F4N5/c25-19-15-29-33(16-19)23(18-5-3-6-18)32-13-11-30(12-14-32)17-20-21(24(26,27)28)7-4-8-22(20)31-9-1-2-10-31/h4,7-8,15-16H,1-3,5-6,9-14,17H2. The molecule has 0 unspecified atom stereocenters. The van der Waals surface area contributed by atoms with E-state index in [0.717, 1.165) is 51.0 Å². The Morgan fingerprint density at radius 3 is 2.24 bits per heavy atom. The lowest BCUT2D eigenvalue weighted by atomic mass is 9.92. The molecule has 3 aliphatic rings. The van der Waals surface area contributed by atoms with Gasteiger partial charge in [0.25, 0.3) is 0 Å². The molecule has 1 aromatic heterocycles. The number of piperazine rings is 1. The van der Waals surface area contributed by atoms with Gasteiger partial charge in [-0.3, -0.25) is 4.90 Å². The summed E-state index contributed by atoms with van der Waals surface area (Å²) < 4.78 is 56.8. The molecule has 3 fully saturated rings. The molecule has 5 rings (SSSR count). The number of allylic oxidation sites excluding steroid dienone is 1. The molecule has 0 atom stereocenters. The van der Waals surface area contributed by atoms with Crippen molar-refractivity contribution in [2.75, 3.05) is 44.2 Å². The zero-order valence-corrected chi connectivity index (χ0v) is 18.6. The zero-order valence-electron chi connectivity index (χ0n) is 18.6. The Bertz CT molecular complexity index is 1010. The van der Waals surface area contributed by atoms with Crippen LogP contribution in [-0.4, -0.2) is 58.8 Å². The van der Waals surface area contributed by atoms with Gasteiger partial charge >= 0.3 is 6.18 Å². The first-order valence-corrected chi connectivity index (χ1v) is 11.7. The maximum atomic E-state index is 13.9. The van der Waals surface area contributed by atoms with Crippen LogP contribution >= 0.6 is 0 Å². The highest BCUT2D eigenvalue weighted by molar-refractivity contribution is 5.58. The summed E-state index contributed by atoms with van der Waals surface area (Å²) in [6, 6.07) is 4.56. The molecule has 1 aliphatic carbocycles. The molecule has 1 aromatic carbocycles. The maximum absolute atomic E-state index is 13.9. The van der Waals surface area contributed by atoms with Crippen LogP contribution in [0, 0.1) is 5.82 Å². The molecule has 1 saturated carbocycles. The smallest absolute Gasteiger partial charge is 0.371 e. The van der Waals surface area contributed by atoms with Gasteiger partial charge in [-0.15, -0.1) is 0 Å². The predicted molar refractivity (Wildman–Crippen MR) is 119 cm³/mol. The topological polar surface area (TPSA) is 27.5 Å². The average molecular weight is 464 g/mol. The van der Waals surface area contributed by atoms with E-state index >= 15 is 0 Å². The highest BCUT2D eigenvalue weighted by atomic mass is 19.4. The van der Waals surface area contributed by atoms with E-state index in [1.54, 1.807) is 4.68 Å². The van der Waals surface area contributed by atoms with Gasteiger partial charge in [0.2, 0.25) is 0 Å². The Kier molecular flexibility index (Phi) is 6.07. The SMILES string of the molecule is Fc1cnn(C(=C2CCC2)N2CCN(Cc3c(N4CCCC4)cccc3C(F)(F)F)CC2)c1. The summed E-state index contributed by atoms with van der Waals surface area (Å²) in [4.78, 5) is 6.40. The van der Waals surface area contributed by atoms with Crippen LogP contribution in [0.1, 0.15) is 43.2 Å². The Balaban J connectivity index is 1.34. The Labute approximate surface area is 191 Å². The van der Waals surface area contributed by atoms with Crippen LogP contribution in [0.5, 0.6) is 0 Å². The van der Waals surface area contributed by atoms with Crippen LogP contribution in [-0.2, 0) is 12.7 Å². The quantitative estimate of drug-likeness (QED) is 0.595. The summed E-state index contributed by atoms with van der Waals surface area (Å²) in [5.41, 5.74) is 1.84. The lowest BCUT2D eigenvalue weighted by molar-refractivity contribution is -0.138. The van der Waals surface area contributed by atoms with Crippen molar-refractivity contribution < 1.29 is 17.6 Å². The van der Waals surface area contributed by atoms with Crippen molar-refractivity contribution >= 4 is 11.5 Å². The van der Waals surface area contributed by atoms with Crippen molar-refractivity contribution in [3.05, 3.63) is 53.1 Å². The Morgan fingerprint density at radius 2 is 1.67 bits per heavy atom. The molecule has 33 heavy (non-hydrogen) atoms. The number of nitrogens with zero attached hydrogens (tertiary/aromatic N) is 5. The van der Waals surface area contributed by atoms with Gasteiger partial charge in [0.15, 0.2) is 5.82 Å². The van der Waals surface area contributed by atoms with Gasteiger partial charge in [-0.05, 0) is 49.8 Å². The van der Waals surface area contributed by atoms with Gasteiger partial charge < -0.3 is 9.80 Å². The molecule has 0 bridgehead atoms. The first-order chi connectivity index (χ1) is 15.9. The van der Waals surface area contributed by atoms with Crippen molar-refractivity contribution in [2.24, 2.45) is 0 Å². The fourth-order valence-electron chi connectivity index (χ4n) is 5.13. The molecule has 178 valence electrons. The van der Waals surface area contributed by atoms with Gasteiger partial charge in [0.1, 0.15) is 5.82 Å². The molecular weight excluding hydrogens is 434 g/mol. The highest BCUT2D eigenvalue weighted by Gasteiger charge is 2.36. The summed E-state index contributed by atoms with van der Waals surface area (Å²) in [6.45, 7) is 4.52. The number of hydrogen-bond acceptors (Lipinski definition) is 4. The van der Waals surface area contributed by atoms with E-state index in [1.165, 1.54) is 30.1 Å². The fraction of sp³-hybridized carbons (Fsp3) is 0.542. The van der Waals surface area contributed by atoms with Crippen LogP contribution in [0.15, 0.2) is 36.2 Å². The molecular formula is C24H29F4N5. The number of alkyl halides is 3. The van der Waals surface area contributed by atoms with Crippen molar-refractivity contribution in [2.45, 2.75) is 44.8 Å². The monoisotopic (exact) mass is 463 g/mol. The van der Waals surface area contributed by atoms with Gasteiger partial charge in [0, 0.05) is 57.1 Å². The van der Waals surface area contributed by atoms with Gasteiger partial charge in [0.05, 0.1) is 18.0 Å². The molecule has 3 heterocycles. The molecule has 2 aliphatic heterocycles. The molecule has 0 radical (unpaired) electrons. The highest BCUT2D eigenvalue weighted by Crippen LogP contribution is 2.38. The van der Waals surface area contributed by atoms with E-state index in [-0.39, 0.29) is 12.4 Å². The summed E-state index contributed by atoms with van der Waals surface area (Å²) in [5, 5.41) is 4.17. The van der Waals surface area contributed by atoms with Gasteiger partial charge in [-0.1, -0.05) is 6.07 Å². The van der Waals surface area contributed by atoms with E-state index in [4.69, 9.17) is 0 Å². The number of rotatable bonds is 5. The third kappa shape index (κ3) is 4.60. The van der Waals surface area contributed by atoms with Crippen molar-refractivity contribution in [3.8, 4) is 0 Å². The normalized spacial score (nSPS) is 19.8. The lowest BCUT2D eigenvalue weighted by Gasteiger charge is -2.39. The van der Waals surface area contributed by atoms with Crippen LogP contribution < -0.4 is 4.90 Å². The third-order valence-corrected chi connectivity index (χ3v) is 7.00. The lowest BCUT2D eigenvalue weighted by Crippen LogP contribution is -2.46. The molecule has 0 amide bonds. The van der Waals surface area contributed by atoms with E-state index in [2.05, 4.69) is 19.8 Å². The van der Waals surface area contributed by atoms with Crippen molar-refractivity contribution in [1.29, 1.82) is 0 Å². The van der Waals surface area contributed by atoms with Crippen LogP contribution in [0.2, 0.25) is 0 Å². The van der Waals surface area contributed by atoms with E-state index in [1.807, 2.05) is 6.07 Å². The van der Waals surface area contributed by atoms with E-state index < -0.39 is 11.7 Å². The number of aromatic nitrogens is 2. The zero-order chi connectivity index (χ0) is 23.0. The van der Waals surface area contributed by atoms with Crippen molar-refractivity contribution in [1.82, 2.24) is 19.6 Å². The minimum Gasteiger partial charge on any atom is -0.371 e. The average Bonchev–Trinajstić information content (AvgIpc) is 3.43. The molecule has 9 heteroatoms. The Hall–Kier alpha value is -2.55. The Morgan fingerprint density at radius 1 is 0.939 bits per heavy atom. The van der Waals surface area contributed by atoms with Crippen LogP contribution in [0.4, 0.5) is 23.2 Å². The second kappa shape index (κ2) is 9.00. The molecule has 2 saturated heterocycles. The first kappa shape index (κ1) is 22.3. The second-order valence-electron chi connectivity index (χ2n) is 9.14. The minimum absolute atomic E-state index is 0.275. The minimum atomic E-state index is -4.38. The van der Waals surface area contributed by atoms with Crippen LogP contribution in [0.3, 0.4) is 0 Å². The summed E-state index contributed by atoms with van der Waals surface area (Å²) in [7, 11) is 0. The van der Waals surface area contributed by atoms with E-state index in [9.17, 15) is 17.6 Å². The first-order valence-electron chi connectivity index (χ1n) is 11.7. The summed E-state index contributed by atoms with van der Waals surface area (Å²) >= 11 is 0. The number of hydrogen-bond donors (Lipinski definition) is 0. The molecule has 0 N–H and O–H groups in total. The maximum Gasteiger partial charge on any atom is 0.416 e. The third-order valence-electron chi connectivity index (χ3n) is 7.00. The fourth-order valence-corrected chi connectivity index (χ4v) is 5.13. The number of anilines is 1. The largest absolute Gasteiger partial charge is 0.416 e.